The molecular formula is C73H58. The highest BCUT2D eigenvalue weighted by Crippen LogP contribution is 2.60. The number of rotatable bonds is 5. The van der Waals surface area contributed by atoms with E-state index in [-0.39, 0.29) is 16.7 Å². The topological polar surface area (TPSA) is 0 Å². The average molecular weight is 935 g/mol. The number of aryl methyl sites for hydroxylation is 4. The summed E-state index contributed by atoms with van der Waals surface area (Å²) in [5.74, 6) is 0.0755. The second kappa shape index (κ2) is 15.7. The van der Waals surface area contributed by atoms with E-state index in [4.69, 9.17) is 0 Å². The Balaban J connectivity index is 1.04. The van der Waals surface area contributed by atoms with Crippen LogP contribution >= 0.6 is 0 Å². The van der Waals surface area contributed by atoms with Crippen molar-refractivity contribution >= 4 is 53.9 Å². The van der Waals surface area contributed by atoms with E-state index in [1.165, 1.54) is 160 Å². The summed E-state index contributed by atoms with van der Waals surface area (Å²) in [6, 6.07) is 77.2. The fourth-order valence-electron chi connectivity index (χ4n) is 13.9. The Morgan fingerprint density at radius 1 is 0.288 bits per heavy atom. The molecule has 0 aromatic heterocycles. The molecule has 0 bridgehead atoms. The van der Waals surface area contributed by atoms with Crippen molar-refractivity contribution in [3.05, 3.63) is 261 Å². The summed E-state index contributed by atoms with van der Waals surface area (Å²) in [4.78, 5) is 0. The van der Waals surface area contributed by atoms with Crippen molar-refractivity contribution in [3.63, 3.8) is 0 Å². The van der Waals surface area contributed by atoms with Gasteiger partial charge >= 0.3 is 0 Å². The van der Waals surface area contributed by atoms with Gasteiger partial charge < -0.3 is 0 Å². The summed E-state index contributed by atoms with van der Waals surface area (Å²) in [7, 11) is 0. The van der Waals surface area contributed by atoms with Crippen molar-refractivity contribution in [3.8, 4) is 44.5 Å². The van der Waals surface area contributed by atoms with Gasteiger partial charge in [-0.2, -0.15) is 0 Å². The Morgan fingerprint density at radius 3 is 1.48 bits per heavy atom. The summed E-state index contributed by atoms with van der Waals surface area (Å²) in [6.07, 6.45) is 0. The minimum absolute atomic E-state index is 0.0755. The summed E-state index contributed by atoms with van der Waals surface area (Å²) in [6.45, 7) is 18.9. The van der Waals surface area contributed by atoms with E-state index in [0.29, 0.717) is 0 Å². The molecule has 0 spiro atoms. The zero-order valence-electron chi connectivity index (χ0n) is 43.1. The molecule has 0 heterocycles. The first-order valence-corrected chi connectivity index (χ1v) is 26.3. The fraction of sp³-hybridized carbons (Fsp3) is 0.151. The quantitative estimate of drug-likeness (QED) is 0.119. The summed E-state index contributed by atoms with van der Waals surface area (Å²) in [5, 5.41) is 12.9. The Kier molecular flexibility index (Phi) is 9.41. The van der Waals surface area contributed by atoms with Gasteiger partial charge in [0.1, 0.15) is 0 Å². The van der Waals surface area contributed by atoms with Crippen LogP contribution in [0, 0.1) is 27.7 Å². The lowest BCUT2D eigenvalue weighted by atomic mass is 9.75. The van der Waals surface area contributed by atoms with Gasteiger partial charge in [0.15, 0.2) is 0 Å². The lowest BCUT2D eigenvalue weighted by Crippen LogP contribution is -2.17. The van der Waals surface area contributed by atoms with Gasteiger partial charge in [-0.25, -0.2) is 0 Å². The lowest BCUT2D eigenvalue weighted by Gasteiger charge is -2.28. The molecule has 0 nitrogen and oxygen atoms in total. The van der Waals surface area contributed by atoms with Crippen molar-refractivity contribution in [1.82, 2.24) is 0 Å². The number of hydrogen-bond acceptors (Lipinski definition) is 0. The van der Waals surface area contributed by atoms with Crippen LogP contribution in [0.5, 0.6) is 0 Å². The highest BCUT2D eigenvalue weighted by Gasteiger charge is 2.43. The van der Waals surface area contributed by atoms with Gasteiger partial charge in [0, 0.05) is 16.7 Å². The maximum Gasteiger partial charge on any atom is 0.0351 e. The second-order valence-corrected chi connectivity index (χ2v) is 22.6. The molecule has 0 fully saturated rings. The number of fused-ring (bicyclic) bond motifs is 12. The van der Waals surface area contributed by atoms with Crippen LogP contribution in [0.3, 0.4) is 0 Å². The smallest absolute Gasteiger partial charge is 0.0351 e. The normalized spacial score (nSPS) is 14.1. The highest BCUT2D eigenvalue weighted by molar-refractivity contribution is 6.25. The monoisotopic (exact) mass is 934 g/mol. The van der Waals surface area contributed by atoms with Gasteiger partial charge in [0.05, 0.1) is 0 Å². The lowest BCUT2D eigenvalue weighted by molar-refractivity contribution is 0.652. The molecule has 0 atom stereocenters. The van der Waals surface area contributed by atoms with Gasteiger partial charge in [-0.1, -0.05) is 209 Å². The summed E-state index contributed by atoms with van der Waals surface area (Å²) in [5.41, 5.74) is 25.1. The number of hydrogen-bond donors (Lipinski definition) is 0. The minimum atomic E-state index is -0.264. The molecule has 12 aromatic rings. The maximum absolute atomic E-state index is 2.62. The van der Waals surface area contributed by atoms with Crippen LogP contribution in [-0.2, 0) is 10.8 Å². The third-order valence-corrected chi connectivity index (χ3v) is 17.5. The van der Waals surface area contributed by atoms with Crippen molar-refractivity contribution in [2.75, 3.05) is 0 Å². The zero-order chi connectivity index (χ0) is 49.7. The van der Waals surface area contributed by atoms with E-state index in [1.807, 2.05) is 0 Å². The number of benzene rings is 12. The van der Waals surface area contributed by atoms with Crippen molar-refractivity contribution < 1.29 is 0 Å². The van der Waals surface area contributed by atoms with Gasteiger partial charge in [0.25, 0.3) is 0 Å². The SMILES string of the molecule is Cc1ccc(C(c2ccc(C)cc2C)c2cc3c(c4ccccc24)-c2cc4c(cc2C3(C)C)-c2cc3c(-c5cccc6ccccc56)c5ccccc5c(-c5ccc6ccccc6c5)c3cc2C4(C)C)c(C)c1. The second-order valence-electron chi connectivity index (χ2n) is 22.6. The first kappa shape index (κ1) is 43.7. The van der Waals surface area contributed by atoms with Crippen LogP contribution in [0.2, 0.25) is 0 Å². The van der Waals surface area contributed by atoms with Gasteiger partial charge in [-0.05, 0) is 206 Å². The van der Waals surface area contributed by atoms with E-state index < -0.39 is 0 Å². The molecule has 350 valence electrons. The van der Waals surface area contributed by atoms with Gasteiger partial charge in [0.2, 0.25) is 0 Å². The largest absolute Gasteiger partial charge is 0.0616 e. The van der Waals surface area contributed by atoms with Gasteiger partial charge in [-0.15, -0.1) is 0 Å². The van der Waals surface area contributed by atoms with E-state index >= 15 is 0 Å². The van der Waals surface area contributed by atoms with Crippen LogP contribution in [0.4, 0.5) is 0 Å². The van der Waals surface area contributed by atoms with Crippen LogP contribution in [0.1, 0.15) is 94.8 Å². The summed E-state index contributed by atoms with van der Waals surface area (Å²) < 4.78 is 0. The molecule has 0 saturated heterocycles. The molecular weight excluding hydrogens is 877 g/mol. The molecule has 2 aliphatic carbocycles. The van der Waals surface area contributed by atoms with Gasteiger partial charge in [-0.3, -0.25) is 0 Å². The van der Waals surface area contributed by atoms with E-state index in [0.717, 1.165) is 0 Å². The molecule has 73 heavy (non-hydrogen) atoms. The fourth-order valence-corrected chi connectivity index (χ4v) is 13.9. The van der Waals surface area contributed by atoms with Crippen LogP contribution in [0.15, 0.2) is 200 Å². The van der Waals surface area contributed by atoms with Crippen molar-refractivity contribution in [2.45, 2.75) is 72.1 Å². The van der Waals surface area contributed by atoms with Crippen LogP contribution in [-0.4, -0.2) is 0 Å². The van der Waals surface area contributed by atoms with Crippen molar-refractivity contribution in [1.29, 1.82) is 0 Å². The Morgan fingerprint density at radius 2 is 0.795 bits per heavy atom. The third-order valence-electron chi connectivity index (χ3n) is 17.5. The highest BCUT2D eigenvalue weighted by atomic mass is 14.5. The summed E-state index contributed by atoms with van der Waals surface area (Å²) >= 11 is 0. The first-order valence-electron chi connectivity index (χ1n) is 26.3. The first-order chi connectivity index (χ1) is 35.4. The molecule has 0 N–H and O–H groups in total. The predicted molar refractivity (Wildman–Crippen MR) is 313 cm³/mol. The standard InChI is InChI=1S/C73H58/c1-42-28-32-50(44(3)34-42)69(51-33-29-43(2)35-45(51)4)61-40-67-71(55-24-14-13-23-53(55)61)63-41-65-59(38-66(63)73(67,7)8)58-37-60-62(39-64(58)72(65,5)6)68(49-31-30-46-18-9-10-20-48(46)36-49)56-25-15-16-26-57(56)70(60)54-27-17-21-47-19-11-12-22-52(47)54/h9-41,69H,1-8H3. The maximum atomic E-state index is 2.62. The van der Waals surface area contributed by atoms with Crippen LogP contribution < -0.4 is 0 Å². The van der Waals surface area contributed by atoms with E-state index in [1.54, 1.807) is 0 Å². The zero-order valence-corrected chi connectivity index (χ0v) is 43.1. The Bertz CT molecular complexity index is 4310. The minimum Gasteiger partial charge on any atom is -0.0616 e. The average Bonchev–Trinajstić information content (AvgIpc) is 3.76. The molecule has 0 unspecified atom stereocenters. The van der Waals surface area contributed by atoms with E-state index in [9.17, 15) is 0 Å². The molecule has 0 aliphatic heterocycles. The molecule has 0 heteroatoms. The molecule has 2 aliphatic rings. The van der Waals surface area contributed by atoms with E-state index in [2.05, 4.69) is 256 Å². The third kappa shape index (κ3) is 6.32. The molecule has 12 aromatic carbocycles. The Labute approximate surface area is 429 Å². The molecule has 14 rings (SSSR count). The predicted octanol–water partition coefficient (Wildman–Crippen LogP) is 19.8. The molecule has 0 radical (unpaired) electrons. The van der Waals surface area contributed by atoms with Crippen molar-refractivity contribution in [2.24, 2.45) is 0 Å². The Hall–Kier alpha value is -8.06. The molecule has 0 amide bonds. The molecule has 0 saturated carbocycles. The van der Waals surface area contributed by atoms with Crippen LogP contribution in [0.25, 0.3) is 98.4 Å².